The van der Waals surface area contributed by atoms with Crippen molar-refractivity contribution >= 4 is 35.2 Å². The van der Waals surface area contributed by atoms with Crippen molar-refractivity contribution in [3.63, 3.8) is 0 Å². The summed E-state index contributed by atoms with van der Waals surface area (Å²) >= 11 is 5.96. The van der Waals surface area contributed by atoms with Crippen molar-refractivity contribution in [3.8, 4) is 0 Å². The van der Waals surface area contributed by atoms with Gasteiger partial charge < -0.3 is 4.90 Å². The van der Waals surface area contributed by atoms with Crippen LogP contribution in [0.5, 0.6) is 0 Å². The van der Waals surface area contributed by atoms with Crippen LogP contribution < -0.4 is 4.90 Å². The molecule has 178 valence electrons. The highest BCUT2D eigenvalue weighted by molar-refractivity contribution is 6.30. The first-order chi connectivity index (χ1) is 16.3. The van der Waals surface area contributed by atoms with Crippen molar-refractivity contribution in [1.29, 1.82) is 0 Å². The molecule has 1 atom stereocenters. The molecule has 3 heterocycles. The Balaban J connectivity index is 1.17. The fourth-order valence-corrected chi connectivity index (χ4v) is 4.44. The van der Waals surface area contributed by atoms with Crippen LogP contribution in [-0.4, -0.2) is 71.8 Å². The summed E-state index contributed by atoms with van der Waals surface area (Å²) < 4.78 is 39.1. The van der Waals surface area contributed by atoms with E-state index in [0.29, 0.717) is 50.0 Å². The number of alkyl halides is 3. The second-order valence-electron chi connectivity index (χ2n) is 8.42. The molecule has 7 nitrogen and oxygen atoms in total. The standard InChI is InChI=1S/C23H22ClF3N6O/c24-18-6-4-16(5-7-18)20-13-21-22(34)33(28-14-32(21)29-20)15-30-8-10-31(11-9-30)19-3-1-2-17(12-19)23(25,26)27/h1-7,12,14,21H,8-11,13,15H2. The molecule has 0 radical (unpaired) electrons. The van der Waals surface area contributed by atoms with Crippen molar-refractivity contribution in [2.24, 2.45) is 10.2 Å². The molecule has 0 N–H and O–H groups in total. The van der Waals surface area contributed by atoms with E-state index in [2.05, 4.69) is 15.1 Å². The quantitative estimate of drug-likeness (QED) is 0.656. The number of hydrogen-bond donors (Lipinski definition) is 0. The SMILES string of the molecule is O=C1C2CC(c3ccc(Cl)cc3)=NN2C=NN1CN1CCN(c2cccc(C(F)(F)F)c2)CC1. The third-order valence-electron chi connectivity index (χ3n) is 6.21. The van der Waals surface area contributed by atoms with E-state index in [9.17, 15) is 18.0 Å². The van der Waals surface area contributed by atoms with Crippen LogP contribution in [-0.2, 0) is 11.0 Å². The molecular weight excluding hydrogens is 469 g/mol. The zero-order chi connectivity index (χ0) is 23.9. The van der Waals surface area contributed by atoms with Gasteiger partial charge in [0.05, 0.1) is 17.9 Å². The number of nitrogens with zero attached hydrogens (tertiary/aromatic N) is 6. The summed E-state index contributed by atoms with van der Waals surface area (Å²) in [4.78, 5) is 17.1. The van der Waals surface area contributed by atoms with Gasteiger partial charge in [-0.25, -0.2) is 10.0 Å². The molecule has 2 aromatic carbocycles. The molecular formula is C23H22ClF3N6O. The molecule has 2 aromatic rings. The Kier molecular flexibility index (Phi) is 5.95. The Labute approximate surface area is 199 Å². The summed E-state index contributed by atoms with van der Waals surface area (Å²) in [7, 11) is 0. The summed E-state index contributed by atoms with van der Waals surface area (Å²) in [6, 6.07) is 12.3. The molecule has 11 heteroatoms. The van der Waals surface area contributed by atoms with Gasteiger partial charge in [0.1, 0.15) is 12.4 Å². The van der Waals surface area contributed by atoms with Crippen LogP contribution in [0.25, 0.3) is 0 Å². The maximum atomic E-state index is 13.1. The predicted octanol–water partition coefficient (Wildman–Crippen LogP) is 3.70. The molecule has 34 heavy (non-hydrogen) atoms. The van der Waals surface area contributed by atoms with Crippen LogP contribution in [0.2, 0.25) is 5.02 Å². The average Bonchev–Trinajstić information content (AvgIpc) is 3.27. The molecule has 0 saturated carbocycles. The lowest BCUT2D eigenvalue weighted by Crippen LogP contribution is -2.54. The number of rotatable bonds is 4. The minimum Gasteiger partial charge on any atom is -0.369 e. The van der Waals surface area contributed by atoms with Gasteiger partial charge in [0, 0.05) is 43.3 Å². The first kappa shape index (κ1) is 22.7. The monoisotopic (exact) mass is 490 g/mol. The van der Waals surface area contributed by atoms with Gasteiger partial charge in [-0.1, -0.05) is 29.8 Å². The lowest BCUT2D eigenvalue weighted by Gasteiger charge is -2.38. The van der Waals surface area contributed by atoms with Crippen molar-refractivity contribution in [2.75, 3.05) is 37.7 Å². The van der Waals surface area contributed by atoms with Crippen molar-refractivity contribution in [1.82, 2.24) is 14.9 Å². The van der Waals surface area contributed by atoms with E-state index in [1.165, 1.54) is 17.1 Å². The lowest BCUT2D eigenvalue weighted by molar-refractivity contribution is -0.139. The van der Waals surface area contributed by atoms with Crippen LogP contribution in [0.15, 0.2) is 58.7 Å². The van der Waals surface area contributed by atoms with E-state index >= 15 is 0 Å². The number of carbonyl (C=O) groups excluding carboxylic acids is 1. The molecule has 0 aliphatic carbocycles. The molecule has 0 aromatic heterocycles. The van der Waals surface area contributed by atoms with Crippen LogP contribution in [0.3, 0.4) is 0 Å². The van der Waals surface area contributed by atoms with E-state index < -0.39 is 17.8 Å². The highest BCUT2D eigenvalue weighted by Gasteiger charge is 2.39. The van der Waals surface area contributed by atoms with Gasteiger partial charge in [0.25, 0.3) is 5.91 Å². The minimum absolute atomic E-state index is 0.129. The number of hydrazone groups is 2. The number of piperazine rings is 1. The normalized spacial score (nSPS) is 21.2. The molecule has 1 fully saturated rings. The zero-order valence-corrected chi connectivity index (χ0v) is 18.9. The van der Waals surface area contributed by atoms with Gasteiger partial charge >= 0.3 is 6.18 Å². The van der Waals surface area contributed by atoms with Crippen LogP contribution >= 0.6 is 11.6 Å². The molecule has 0 spiro atoms. The van der Waals surface area contributed by atoms with Gasteiger partial charge in [-0.15, -0.1) is 0 Å². The molecule has 3 aliphatic heterocycles. The van der Waals surface area contributed by atoms with Gasteiger partial charge in [-0.05, 0) is 35.9 Å². The summed E-state index contributed by atoms with van der Waals surface area (Å²) in [6.07, 6.45) is -2.32. The summed E-state index contributed by atoms with van der Waals surface area (Å²) in [5.41, 5.74) is 1.62. The predicted molar refractivity (Wildman–Crippen MR) is 124 cm³/mol. The number of carbonyl (C=O) groups is 1. The maximum absolute atomic E-state index is 13.1. The Morgan fingerprint density at radius 1 is 1.03 bits per heavy atom. The number of hydrogen-bond acceptors (Lipinski definition) is 6. The highest BCUT2D eigenvalue weighted by Crippen LogP contribution is 2.32. The second-order valence-corrected chi connectivity index (χ2v) is 8.85. The third-order valence-corrected chi connectivity index (χ3v) is 6.47. The van der Waals surface area contributed by atoms with Crippen LogP contribution in [0.4, 0.5) is 18.9 Å². The molecule has 1 unspecified atom stereocenters. The number of anilines is 1. The summed E-state index contributed by atoms with van der Waals surface area (Å²) in [5.74, 6) is -0.129. The Morgan fingerprint density at radius 2 is 1.76 bits per heavy atom. The zero-order valence-electron chi connectivity index (χ0n) is 18.1. The Morgan fingerprint density at radius 3 is 2.47 bits per heavy atom. The second kappa shape index (κ2) is 8.92. The van der Waals surface area contributed by atoms with Crippen molar-refractivity contribution in [2.45, 2.75) is 18.6 Å². The minimum atomic E-state index is -4.37. The Hall–Kier alpha value is -3.11. The maximum Gasteiger partial charge on any atom is 0.416 e. The van der Waals surface area contributed by atoms with Crippen molar-refractivity contribution < 1.29 is 18.0 Å². The van der Waals surface area contributed by atoms with E-state index in [0.717, 1.165) is 17.3 Å². The van der Waals surface area contributed by atoms with Crippen molar-refractivity contribution in [3.05, 3.63) is 64.7 Å². The topological polar surface area (TPSA) is 54.8 Å². The first-order valence-corrected chi connectivity index (χ1v) is 11.3. The molecule has 5 rings (SSSR count). The fourth-order valence-electron chi connectivity index (χ4n) is 4.32. The number of benzene rings is 2. The van der Waals surface area contributed by atoms with Gasteiger partial charge in [0.2, 0.25) is 0 Å². The van der Waals surface area contributed by atoms with Crippen LogP contribution in [0, 0.1) is 0 Å². The highest BCUT2D eigenvalue weighted by atomic mass is 35.5. The average molecular weight is 491 g/mol. The van der Waals surface area contributed by atoms with E-state index in [1.54, 1.807) is 29.5 Å². The van der Waals surface area contributed by atoms with Gasteiger partial charge in [-0.3, -0.25) is 9.69 Å². The van der Waals surface area contributed by atoms with Crippen LogP contribution in [0.1, 0.15) is 17.5 Å². The molecule has 0 bridgehead atoms. The van der Waals surface area contributed by atoms with E-state index in [-0.39, 0.29) is 5.91 Å². The molecule has 1 amide bonds. The first-order valence-electron chi connectivity index (χ1n) is 10.9. The Bertz CT molecular complexity index is 1130. The summed E-state index contributed by atoms with van der Waals surface area (Å²) in [5, 5.41) is 12.5. The molecule has 3 aliphatic rings. The third kappa shape index (κ3) is 4.60. The summed E-state index contributed by atoms with van der Waals surface area (Å²) in [6.45, 7) is 2.66. The largest absolute Gasteiger partial charge is 0.416 e. The van der Waals surface area contributed by atoms with Gasteiger partial charge in [0.15, 0.2) is 0 Å². The fraction of sp³-hybridized carbons (Fsp3) is 0.348. The lowest BCUT2D eigenvalue weighted by atomic mass is 10.0. The number of halogens is 4. The smallest absolute Gasteiger partial charge is 0.369 e. The number of fused-ring (bicyclic) bond motifs is 1. The number of amides is 1. The van der Waals surface area contributed by atoms with E-state index in [1.807, 2.05) is 17.0 Å². The molecule has 1 saturated heterocycles. The van der Waals surface area contributed by atoms with E-state index in [4.69, 9.17) is 11.6 Å². The van der Waals surface area contributed by atoms with Gasteiger partial charge in [-0.2, -0.15) is 23.4 Å².